The maximum Gasteiger partial charge on any atom is 0.313 e. The standard InChI is InChI=1S/C19H19ClN2O4/c1-12(23)21-16-7-9-17(10-8-16)26-19(25)11-18(22-13(2)24)14-3-5-15(20)6-4-14/h3-10,18H,11H2,1-2H3,(H,21,23)(H,22,24)/t18-/m1/s1. The molecule has 136 valence electrons. The minimum absolute atomic E-state index is 0.0331. The predicted molar refractivity (Wildman–Crippen MR) is 99.0 cm³/mol. The van der Waals surface area contributed by atoms with Gasteiger partial charge >= 0.3 is 5.97 Å². The lowest BCUT2D eigenvalue weighted by Gasteiger charge is -2.17. The smallest absolute Gasteiger partial charge is 0.313 e. The van der Waals surface area contributed by atoms with Crippen molar-refractivity contribution in [1.82, 2.24) is 5.32 Å². The van der Waals surface area contributed by atoms with Gasteiger partial charge in [-0.15, -0.1) is 0 Å². The topological polar surface area (TPSA) is 84.5 Å². The van der Waals surface area contributed by atoms with Crippen molar-refractivity contribution in [2.45, 2.75) is 26.3 Å². The molecule has 0 aliphatic heterocycles. The number of anilines is 1. The van der Waals surface area contributed by atoms with Crippen molar-refractivity contribution in [1.29, 1.82) is 0 Å². The highest BCUT2D eigenvalue weighted by Gasteiger charge is 2.18. The van der Waals surface area contributed by atoms with Crippen LogP contribution in [-0.4, -0.2) is 17.8 Å². The van der Waals surface area contributed by atoms with Crippen LogP contribution in [-0.2, 0) is 14.4 Å². The van der Waals surface area contributed by atoms with E-state index < -0.39 is 12.0 Å². The van der Waals surface area contributed by atoms with Crippen LogP contribution in [0.5, 0.6) is 5.75 Å². The van der Waals surface area contributed by atoms with Crippen LogP contribution in [0.1, 0.15) is 31.9 Å². The second kappa shape index (κ2) is 9.01. The highest BCUT2D eigenvalue weighted by molar-refractivity contribution is 6.30. The summed E-state index contributed by atoms with van der Waals surface area (Å²) in [6, 6.07) is 12.8. The Morgan fingerprint density at radius 2 is 1.58 bits per heavy atom. The molecule has 2 rings (SSSR count). The van der Waals surface area contributed by atoms with E-state index in [1.54, 1.807) is 48.5 Å². The van der Waals surface area contributed by atoms with Crippen LogP contribution >= 0.6 is 11.6 Å². The molecule has 0 heterocycles. The number of hydrogen-bond acceptors (Lipinski definition) is 4. The van der Waals surface area contributed by atoms with E-state index >= 15 is 0 Å². The summed E-state index contributed by atoms with van der Waals surface area (Å²) in [5.41, 5.74) is 1.36. The summed E-state index contributed by atoms with van der Waals surface area (Å²) in [5, 5.41) is 5.93. The van der Waals surface area contributed by atoms with Crippen molar-refractivity contribution >= 4 is 35.1 Å². The van der Waals surface area contributed by atoms with Gasteiger partial charge < -0.3 is 15.4 Å². The van der Waals surface area contributed by atoms with Crippen LogP contribution in [0.15, 0.2) is 48.5 Å². The molecule has 0 saturated heterocycles. The van der Waals surface area contributed by atoms with E-state index in [0.717, 1.165) is 5.56 Å². The first-order chi connectivity index (χ1) is 12.3. The second-order valence-electron chi connectivity index (χ2n) is 5.69. The molecule has 0 unspecified atom stereocenters. The molecular weight excluding hydrogens is 356 g/mol. The minimum atomic E-state index is -0.518. The van der Waals surface area contributed by atoms with Crippen molar-refractivity contribution in [3.63, 3.8) is 0 Å². The summed E-state index contributed by atoms with van der Waals surface area (Å²) in [7, 11) is 0. The highest BCUT2D eigenvalue weighted by atomic mass is 35.5. The molecule has 0 aliphatic rings. The first-order valence-electron chi connectivity index (χ1n) is 7.94. The first-order valence-corrected chi connectivity index (χ1v) is 8.32. The molecule has 2 aromatic carbocycles. The van der Waals surface area contributed by atoms with Crippen LogP contribution < -0.4 is 15.4 Å². The lowest BCUT2D eigenvalue weighted by atomic mass is 10.0. The molecule has 0 radical (unpaired) electrons. The second-order valence-corrected chi connectivity index (χ2v) is 6.12. The zero-order valence-corrected chi connectivity index (χ0v) is 15.2. The van der Waals surface area contributed by atoms with Crippen LogP contribution in [0.2, 0.25) is 5.02 Å². The van der Waals surface area contributed by atoms with E-state index in [1.165, 1.54) is 13.8 Å². The number of hydrogen-bond donors (Lipinski definition) is 2. The lowest BCUT2D eigenvalue weighted by molar-refractivity contribution is -0.135. The normalized spacial score (nSPS) is 11.3. The molecule has 0 aromatic heterocycles. The maximum atomic E-state index is 12.2. The predicted octanol–water partition coefficient (Wildman–Crippen LogP) is 3.47. The number of rotatable bonds is 6. The fourth-order valence-electron chi connectivity index (χ4n) is 2.34. The van der Waals surface area contributed by atoms with Crippen LogP contribution in [0.25, 0.3) is 0 Å². The molecule has 0 bridgehead atoms. The summed E-state index contributed by atoms with van der Waals surface area (Å²) in [6.07, 6.45) is -0.0331. The third-order valence-electron chi connectivity index (χ3n) is 3.43. The SMILES string of the molecule is CC(=O)Nc1ccc(OC(=O)C[C@@H](NC(C)=O)c2ccc(Cl)cc2)cc1. The van der Waals surface area contributed by atoms with Gasteiger partial charge in [0, 0.05) is 24.6 Å². The number of carbonyl (C=O) groups excluding carboxylic acids is 3. The van der Waals surface area contributed by atoms with Gasteiger partial charge in [0.2, 0.25) is 11.8 Å². The van der Waals surface area contributed by atoms with Crippen molar-refractivity contribution in [3.8, 4) is 5.75 Å². The Labute approximate surface area is 156 Å². The number of halogens is 1. The summed E-state index contributed by atoms with van der Waals surface area (Å²) in [6.45, 7) is 2.79. The number of amides is 2. The number of nitrogens with one attached hydrogen (secondary N) is 2. The zero-order valence-electron chi connectivity index (χ0n) is 14.4. The molecule has 0 spiro atoms. The molecular formula is C19H19ClN2O4. The molecule has 0 aliphatic carbocycles. The minimum Gasteiger partial charge on any atom is -0.426 e. The summed E-state index contributed by atoms with van der Waals surface area (Å²) in [4.78, 5) is 34.7. The third-order valence-corrected chi connectivity index (χ3v) is 3.68. The highest BCUT2D eigenvalue weighted by Crippen LogP contribution is 2.22. The van der Waals surface area contributed by atoms with E-state index in [0.29, 0.717) is 16.5 Å². The molecule has 2 N–H and O–H groups in total. The fraction of sp³-hybridized carbons (Fsp3) is 0.211. The Morgan fingerprint density at radius 3 is 2.12 bits per heavy atom. The molecule has 0 fully saturated rings. The molecule has 0 saturated carbocycles. The Hall–Kier alpha value is -2.86. The fourth-order valence-corrected chi connectivity index (χ4v) is 2.47. The van der Waals surface area contributed by atoms with Crippen LogP contribution in [0.3, 0.4) is 0 Å². The average Bonchev–Trinajstić information content (AvgIpc) is 2.56. The molecule has 2 aromatic rings. The number of benzene rings is 2. The van der Waals surface area contributed by atoms with Gasteiger partial charge in [0.1, 0.15) is 5.75 Å². The summed E-state index contributed by atoms with van der Waals surface area (Å²) >= 11 is 5.87. The van der Waals surface area contributed by atoms with Crippen LogP contribution in [0.4, 0.5) is 5.69 Å². The van der Waals surface area contributed by atoms with Gasteiger partial charge in [-0.1, -0.05) is 23.7 Å². The Balaban J connectivity index is 2.03. The van der Waals surface area contributed by atoms with Crippen molar-refractivity contribution < 1.29 is 19.1 Å². The van der Waals surface area contributed by atoms with Gasteiger partial charge in [-0.05, 0) is 42.0 Å². The largest absolute Gasteiger partial charge is 0.426 e. The van der Waals surface area contributed by atoms with Gasteiger partial charge in [-0.2, -0.15) is 0 Å². The Bertz CT molecular complexity index is 788. The van der Waals surface area contributed by atoms with E-state index in [-0.39, 0.29) is 18.2 Å². The number of esters is 1. The van der Waals surface area contributed by atoms with E-state index in [4.69, 9.17) is 16.3 Å². The van der Waals surface area contributed by atoms with E-state index in [9.17, 15) is 14.4 Å². The van der Waals surface area contributed by atoms with Gasteiger partial charge in [0.25, 0.3) is 0 Å². The zero-order chi connectivity index (χ0) is 19.1. The van der Waals surface area contributed by atoms with Crippen molar-refractivity contribution in [3.05, 3.63) is 59.1 Å². The summed E-state index contributed by atoms with van der Waals surface area (Å²) < 4.78 is 5.30. The first kappa shape index (κ1) is 19.5. The molecule has 7 heteroatoms. The van der Waals surface area contributed by atoms with Gasteiger partial charge in [-0.25, -0.2) is 0 Å². The monoisotopic (exact) mass is 374 g/mol. The quantitative estimate of drug-likeness (QED) is 0.599. The molecule has 1 atom stereocenters. The number of ether oxygens (including phenoxy) is 1. The number of carbonyl (C=O) groups is 3. The lowest BCUT2D eigenvalue weighted by Crippen LogP contribution is -2.29. The third kappa shape index (κ3) is 6.22. The van der Waals surface area contributed by atoms with Gasteiger partial charge in [0.15, 0.2) is 0 Å². The van der Waals surface area contributed by atoms with E-state index in [2.05, 4.69) is 10.6 Å². The van der Waals surface area contributed by atoms with Crippen LogP contribution in [0, 0.1) is 0 Å². The van der Waals surface area contributed by atoms with E-state index in [1.807, 2.05) is 0 Å². The Kier molecular flexibility index (Phi) is 6.74. The van der Waals surface area contributed by atoms with Gasteiger partial charge in [-0.3, -0.25) is 14.4 Å². The summed E-state index contributed by atoms with van der Waals surface area (Å²) in [5.74, 6) is -0.582. The van der Waals surface area contributed by atoms with Crippen molar-refractivity contribution in [2.24, 2.45) is 0 Å². The molecule has 6 nitrogen and oxygen atoms in total. The Morgan fingerprint density at radius 1 is 0.962 bits per heavy atom. The van der Waals surface area contributed by atoms with Crippen molar-refractivity contribution in [2.75, 3.05) is 5.32 Å². The van der Waals surface area contributed by atoms with Gasteiger partial charge in [0.05, 0.1) is 12.5 Å². The molecule has 26 heavy (non-hydrogen) atoms. The average molecular weight is 375 g/mol. The maximum absolute atomic E-state index is 12.2. The molecule has 2 amide bonds.